The summed E-state index contributed by atoms with van der Waals surface area (Å²) in [6.45, 7) is 1.76. The number of hydrogen-bond donors (Lipinski definition) is 0. The smallest absolute Gasteiger partial charge is 0.0722 e. The average molecular weight is 186 g/mol. The van der Waals surface area contributed by atoms with Gasteiger partial charge in [-0.1, -0.05) is 18.2 Å². The number of fused-ring (bicyclic) bond motifs is 1. The monoisotopic (exact) mass is 186 g/mol. The Kier molecular flexibility index (Phi) is 1.93. The van der Waals surface area contributed by atoms with E-state index in [0.717, 1.165) is 0 Å². The van der Waals surface area contributed by atoms with E-state index in [0.29, 0.717) is 16.6 Å². The topological polar surface area (TPSA) is 53.0 Å². The highest BCUT2D eigenvalue weighted by Crippen LogP contribution is 2.17. The molecule has 0 saturated carbocycles. The lowest BCUT2D eigenvalue weighted by atomic mass is 10.1. The molecule has 3 heteroatoms. The summed E-state index contributed by atoms with van der Waals surface area (Å²) < 4.78 is 0. The first kappa shape index (κ1) is 8.69. The van der Waals surface area contributed by atoms with Crippen LogP contribution in [0.1, 0.15) is 16.1 Å². The predicted octanol–water partition coefficient (Wildman–Crippen LogP) is 0.907. The maximum absolute atomic E-state index is 10.8. The van der Waals surface area contributed by atoms with Crippen molar-refractivity contribution in [2.24, 2.45) is 0 Å². The molecule has 0 spiro atoms. The Morgan fingerprint density at radius 2 is 2.07 bits per heavy atom. The van der Waals surface area contributed by atoms with Gasteiger partial charge >= 0.3 is 0 Å². The lowest BCUT2D eigenvalue weighted by Gasteiger charge is -2.07. The van der Waals surface area contributed by atoms with Gasteiger partial charge < -0.3 is 9.90 Å². The summed E-state index contributed by atoms with van der Waals surface area (Å²) in [4.78, 5) is 15.1. The second-order valence-electron chi connectivity index (χ2n) is 3.12. The first-order chi connectivity index (χ1) is 6.68. The number of hydrogen-bond acceptors (Lipinski definition) is 3. The van der Waals surface area contributed by atoms with E-state index in [1.54, 1.807) is 25.1 Å². The van der Waals surface area contributed by atoms with Crippen LogP contribution in [0, 0.1) is 6.92 Å². The molecule has 0 radical (unpaired) electrons. The molecule has 0 unspecified atom stereocenters. The average Bonchev–Trinajstić information content (AvgIpc) is 2.16. The van der Waals surface area contributed by atoms with Gasteiger partial charge in [0.05, 0.1) is 11.5 Å². The Bertz CT molecular complexity index is 506. The van der Waals surface area contributed by atoms with Crippen molar-refractivity contribution in [1.29, 1.82) is 0 Å². The number of carbonyl (C=O) groups excluding carboxylic acids is 1. The van der Waals surface area contributed by atoms with E-state index in [9.17, 15) is 9.90 Å². The van der Waals surface area contributed by atoms with Gasteiger partial charge in [-0.05, 0) is 19.1 Å². The predicted molar refractivity (Wildman–Crippen MR) is 50.8 cm³/mol. The van der Waals surface area contributed by atoms with Crippen LogP contribution in [0.25, 0.3) is 10.9 Å². The van der Waals surface area contributed by atoms with Gasteiger partial charge in [-0.15, -0.1) is 0 Å². The van der Waals surface area contributed by atoms with E-state index >= 15 is 0 Å². The highest BCUT2D eigenvalue weighted by molar-refractivity contribution is 6.01. The fourth-order valence-electron chi connectivity index (χ4n) is 1.48. The molecule has 0 fully saturated rings. The van der Waals surface area contributed by atoms with Crippen molar-refractivity contribution in [2.45, 2.75) is 6.92 Å². The van der Waals surface area contributed by atoms with Crippen LogP contribution >= 0.6 is 0 Å². The number of pyridine rings is 1. The summed E-state index contributed by atoms with van der Waals surface area (Å²) in [5, 5.41) is 11.5. The van der Waals surface area contributed by atoms with Crippen molar-refractivity contribution in [2.75, 3.05) is 0 Å². The molecule has 70 valence electrons. The molecular weight excluding hydrogens is 178 g/mol. The number of carbonyl (C=O) groups is 1. The molecule has 0 aliphatic heterocycles. The van der Waals surface area contributed by atoms with Gasteiger partial charge in [0.15, 0.2) is 0 Å². The largest absolute Gasteiger partial charge is 0.545 e. The molecule has 2 rings (SSSR count). The molecule has 1 aromatic carbocycles. The zero-order valence-electron chi connectivity index (χ0n) is 7.65. The van der Waals surface area contributed by atoms with Crippen LogP contribution in [0.15, 0.2) is 30.3 Å². The maximum Gasteiger partial charge on any atom is 0.0722 e. The summed E-state index contributed by atoms with van der Waals surface area (Å²) in [6.07, 6.45) is 0. The number of benzene rings is 1. The number of aromatic carboxylic acids is 1. The highest BCUT2D eigenvalue weighted by atomic mass is 16.4. The molecule has 3 nitrogen and oxygen atoms in total. The summed E-state index contributed by atoms with van der Waals surface area (Å²) in [6, 6.07) is 8.65. The third-order valence-corrected chi connectivity index (χ3v) is 2.06. The van der Waals surface area contributed by atoms with Crippen LogP contribution in [0.2, 0.25) is 0 Å². The van der Waals surface area contributed by atoms with E-state index in [2.05, 4.69) is 4.98 Å². The summed E-state index contributed by atoms with van der Waals surface area (Å²) in [5.41, 5.74) is 1.57. The van der Waals surface area contributed by atoms with Gasteiger partial charge in [-0.25, -0.2) is 0 Å². The Hall–Kier alpha value is -1.90. The minimum atomic E-state index is -1.16. The molecule has 2 aromatic rings. The molecule has 0 aliphatic rings. The number of nitrogens with zero attached hydrogens (tertiary/aromatic N) is 1. The highest BCUT2D eigenvalue weighted by Gasteiger charge is 2.03. The molecule has 0 N–H and O–H groups in total. The van der Waals surface area contributed by atoms with Crippen molar-refractivity contribution in [3.63, 3.8) is 0 Å². The third-order valence-electron chi connectivity index (χ3n) is 2.06. The lowest BCUT2D eigenvalue weighted by molar-refractivity contribution is -0.254. The van der Waals surface area contributed by atoms with Crippen LogP contribution in [-0.4, -0.2) is 11.0 Å². The molecule has 1 aromatic heterocycles. The Morgan fingerprint density at radius 3 is 2.79 bits per heavy atom. The molecule has 14 heavy (non-hydrogen) atoms. The Morgan fingerprint density at radius 1 is 1.36 bits per heavy atom. The second kappa shape index (κ2) is 3.10. The molecular formula is C11H8NO2-. The van der Waals surface area contributed by atoms with E-state index in [-0.39, 0.29) is 5.56 Å². The number of carboxylic acids is 1. The Balaban J connectivity index is 2.87. The number of carboxylic acid groups (broad SMARTS) is 1. The lowest BCUT2D eigenvalue weighted by Crippen LogP contribution is -2.22. The quantitative estimate of drug-likeness (QED) is 0.665. The standard InChI is InChI=1S/C11H9NO2/c1-7-6-9(11(13)14)8-4-2-3-5-10(8)12-7/h2-6H,1H3,(H,13,14)/p-1. The molecule has 0 bridgehead atoms. The van der Waals surface area contributed by atoms with Crippen molar-refractivity contribution in [1.82, 2.24) is 4.98 Å². The van der Waals surface area contributed by atoms with Crippen LogP contribution in [0.3, 0.4) is 0 Å². The van der Waals surface area contributed by atoms with Crippen LogP contribution in [0.5, 0.6) is 0 Å². The molecule has 0 saturated heterocycles. The van der Waals surface area contributed by atoms with Gasteiger partial charge in [-0.3, -0.25) is 4.98 Å². The van der Waals surface area contributed by atoms with Crippen LogP contribution in [0.4, 0.5) is 0 Å². The van der Waals surface area contributed by atoms with Crippen molar-refractivity contribution < 1.29 is 9.90 Å². The van der Waals surface area contributed by atoms with Gasteiger partial charge in [0.2, 0.25) is 0 Å². The first-order valence-corrected chi connectivity index (χ1v) is 4.26. The summed E-state index contributed by atoms with van der Waals surface area (Å²) in [7, 11) is 0. The van der Waals surface area contributed by atoms with Gasteiger partial charge in [-0.2, -0.15) is 0 Å². The number of para-hydroxylation sites is 1. The maximum atomic E-state index is 10.8. The molecule has 1 heterocycles. The zero-order valence-corrected chi connectivity index (χ0v) is 7.65. The third kappa shape index (κ3) is 1.33. The van der Waals surface area contributed by atoms with E-state index < -0.39 is 5.97 Å². The summed E-state index contributed by atoms with van der Waals surface area (Å²) >= 11 is 0. The number of rotatable bonds is 1. The zero-order chi connectivity index (χ0) is 10.1. The normalized spacial score (nSPS) is 10.4. The van der Waals surface area contributed by atoms with E-state index in [1.807, 2.05) is 6.07 Å². The van der Waals surface area contributed by atoms with Crippen LogP contribution in [-0.2, 0) is 0 Å². The van der Waals surface area contributed by atoms with Crippen LogP contribution < -0.4 is 5.11 Å². The fraction of sp³-hybridized carbons (Fsp3) is 0.0909. The minimum absolute atomic E-state index is 0.202. The number of aromatic nitrogens is 1. The Labute approximate surface area is 81.0 Å². The fourth-order valence-corrected chi connectivity index (χ4v) is 1.48. The van der Waals surface area contributed by atoms with Crippen molar-refractivity contribution >= 4 is 16.9 Å². The van der Waals surface area contributed by atoms with Crippen molar-refractivity contribution in [3.8, 4) is 0 Å². The number of aryl methyl sites for hydroxylation is 1. The first-order valence-electron chi connectivity index (χ1n) is 4.26. The SMILES string of the molecule is Cc1cc(C(=O)[O-])c2ccccc2n1. The van der Waals surface area contributed by atoms with Gasteiger partial charge in [0, 0.05) is 16.6 Å². The van der Waals surface area contributed by atoms with E-state index in [4.69, 9.17) is 0 Å². The summed E-state index contributed by atoms with van der Waals surface area (Å²) in [5.74, 6) is -1.16. The second-order valence-corrected chi connectivity index (χ2v) is 3.12. The van der Waals surface area contributed by atoms with Gasteiger partial charge in [0.1, 0.15) is 0 Å². The molecule has 0 atom stereocenters. The van der Waals surface area contributed by atoms with Gasteiger partial charge in [0.25, 0.3) is 0 Å². The minimum Gasteiger partial charge on any atom is -0.545 e. The van der Waals surface area contributed by atoms with Crippen molar-refractivity contribution in [3.05, 3.63) is 41.6 Å². The van der Waals surface area contributed by atoms with E-state index in [1.165, 1.54) is 6.07 Å². The molecule has 0 amide bonds. The molecule has 0 aliphatic carbocycles.